The summed E-state index contributed by atoms with van der Waals surface area (Å²) in [7, 11) is 1.35. The molecule has 0 saturated carbocycles. The number of benzene rings is 1. The van der Waals surface area contributed by atoms with Gasteiger partial charge in [0.1, 0.15) is 0 Å². The molecule has 1 aromatic heterocycles. The lowest BCUT2D eigenvalue weighted by molar-refractivity contribution is -0.0334. The first-order chi connectivity index (χ1) is 15.7. The summed E-state index contributed by atoms with van der Waals surface area (Å²) in [5.41, 5.74) is 0.457. The Kier molecular flexibility index (Phi) is 11.8. The van der Waals surface area contributed by atoms with Gasteiger partial charge in [0.05, 0.1) is 46.2 Å². The third kappa shape index (κ3) is 9.70. The van der Waals surface area contributed by atoms with Crippen molar-refractivity contribution in [2.24, 2.45) is 0 Å². The summed E-state index contributed by atoms with van der Waals surface area (Å²) in [6.45, 7) is 11.1. The Morgan fingerprint density at radius 3 is 1.73 bits per heavy atom. The Morgan fingerprint density at radius 1 is 0.909 bits per heavy atom. The number of carbonyl (C=O) groups is 1. The second-order valence-corrected chi connectivity index (χ2v) is 9.78. The van der Waals surface area contributed by atoms with Crippen LogP contribution in [-0.4, -0.2) is 66.5 Å². The predicted molar refractivity (Wildman–Crippen MR) is 142 cm³/mol. The predicted octanol–water partition coefficient (Wildman–Crippen LogP) is 4.33. The van der Waals surface area contributed by atoms with Gasteiger partial charge in [-0.25, -0.2) is 4.79 Å². The number of ether oxygens (including phenoxy) is 4. The Labute approximate surface area is 221 Å². The molecule has 2 aromatic rings. The van der Waals surface area contributed by atoms with E-state index in [4.69, 9.17) is 18.9 Å². The Morgan fingerprint density at radius 2 is 1.36 bits per heavy atom. The summed E-state index contributed by atoms with van der Waals surface area (Å²) in [5.74, 6) is 1.02. The zero-order valence-electron chi connectivity index (χ0n) is 19.3. The van der Waals surface area contributed by atoms with Gasteiger partial charge in [-0.2, -0.15) is 15.0 Å². The number of halogens is 2. The molecule has 1 fully saturated rings. The van der Waals surface area contributed by atoms with Crippen LogP contribution in [0, 0.1) is 7.14 Å². The first-order valence-electron chi connectivity index (χ1n) is 10.4. The van der Waals surface area contributed by atoms with Crippen LogP contribution in [0.1, 0.15) is 38.1 Å². The Balaban J connectivity index is 0.000000554. The number of nitrogens with zero attached hydrogens (tertiary/aromatic N) is 3. The van der Waals surface area contributed by atoms with Gasteiger partial charge < -0.3 is 29.6 Å². The lowest BCUT2D eigenvalue weighted by atomic mass is 10.2. The third-order valence-electron chi connectivity index (χ3n) is 3.81. The van der Waals surface area contributed by atoms with Crippen LogP contribution in [-0.2, 0) is 14.2 Å². The molecule has 0 spiro atoms. The van der Waals surface area contributed by atoms with Crippen molar-refractivity contribution in [3.63, 3.8) is 0 Å². The molecule has 182 valence electrons. The number of hydrogen-bond acceptors (Lipinski definition) is 10. The average molecular weight is 685 g/mol. The second kappa shape index (κ2) is 14.0. The highest BCUT2D eigenvalue weighted by Gasteiger charge is 2.17. The fourth-order valence-electron chi connectivity index (χ4n) is 2.47. The van der Waals surface area contributed by atoms with E-state index >= 15 is 0 Å². The van der Waals surface area contributed by atoms with Crippen molar-refractivity contribution in [1.29, 1.82) is 0 Å². The lowest BCUT2D eigenvalue weighted by Gasteiger charge is -2.15. The molecule has 1 aromatic carbocycles. The molecular formula is C21H29I2N5O5. The molecule has 10 nitrogen and oxygen atoms in total. The second-order valence-electron chi connectivity index (χ2n) is 7.45. The normalized spacial score (nSPS) is 13.2. The largest absolute Gasteiger partial charge is 0.465 e. The van der Waals surface area contributed by atoms with Gasteiger partial charge >= 0.3 is 12.0 Å². The number of esters is 1. The highest BCUT2D eigenvalue weighted by atomic mass is 127. The highest BCUT2D eigenvalue weighted by molar-refractivity contribution is 14.1. The maximum Gasteiger partial charge on any atom is 0.337 e. The number of anilines is 2. The molecule has 0 atom stereocenters. The van der Waals surface area contributed by atoms with Crippen LogP contribution in [0.2, 0.25) is 0 Å². The van der Waals surface area contributed by atoms with Crippen molar-refractivity contribution < 1.29 is 23.7 Å². The minimum atomic E-state index is -0.399. The SMILES string of the molecule is C1COCCO1.COC(=O)c1cc(I)c(Oc2nc(NC(C)C)nc(NC(C)C)n2)c(I)c1. The molecule has 0 radical (unpaired) electrons. The minimum Gasteiger partial charge on any atom is -0.465 e. The average Bonchev–Trinajstić information content (AvgIpc) is 2.76. The first-order valence-corrected chi connectivity index (χ1v) is 12.5. The molecule has 1 aliphatic rings. The molecule has 1 aliphatic heterocycles. The van der Waals surface area contributed by atoms with Crippen LogP contribution in [0.5, 0.6) is 11.8 Å². The van der Waals surface area contributed by atoms with E-state index in [0.717, 1.165) is 33.6 Å². The van der Waals surface area contributed by atoms with Crippen LogP contribution in [0.4, 0.5) is 11.9 Å². The van der Waals surface area contributed by atoms with Gasteiger partial charge in [0.15, 0.2) is 5.75 Å². The number of methoxy groups -OCH3 is 1. The van der Waals surface area contributed by atoms with Gasteiger partial charge in [0.2, 0.25) is 11.9 Å². The monoisotopic (exact) mass is 685 g/mol. The summed E-state index contributed by atoms with van der Waals surface area (Å²) < 4.78 is 22.1. The van der Waals surface area contributed by atoms with Gasteiger partial charge in [-0.15, -0.1) is 0 Å². The van der Waals surface area contributed by atoms with Crippen molar-refractivity contribution in [3.8, 4) is 11.8 Å². The maximum absolute atomic E-state index is 11.8. The zero-order chi connectivity index (χ0) is 24.4. The van der Waals surface area contributed by atoms with E-state index in [1.54, 1.807) is 12.1 Å². The summed E-state index contributed by atoms with van der Waals surface area (Å²) in [6, 6.07) is 3.88. The smallest absolute Gasteiger partial charge is 0.337 e. The standard InChI is InChI=1S/C17H21I2N5O3.C4H8O2/c1-8(2)20-15-22-16(21-9(3)4)24-17(23-15)27-13-11(18)6-10(7-12(13)19)14(25)26-5;1-2-6-4-3-5-1/h6-9H,1-5H3,(H2,20,21,22,23,24);1-4H2. The molecule has 1 saturated heterocycles. The molecule has 33 heavy (non-hydrogen) atoms. The van der Waals surface area contributed by atoms with Crippen LogP contribution in [0.15, 0.2) is 12.1 Å². The van der Waals surface area contributed by atoms with Gasteiger partial charge in [0, 0.05) is 12.1 Å². The molecule has 0 bridgehead atoms. The van der Waals surface area contributed by atoms with E-state index in [0.29, 0.717) is 23.2 Å². The number of rotatable bonds is 7. The van der Waals surface area contributed by atoms with Crippen LogP contribution < -0.4 is 15.4 Å². The van der Waals surface area contributed by atoms with E-state index in [-0.39, 0.29) is 18.1 Å². The van der Waals surface area contributed by atoms with Gasteiger partial charge in [0.25, 0.3) is 0 Å². The summed E-state index contributed by atoms with van der Waals surface area (Å²) in [5, 5.41) is 6.32. The summed E-state index contributed by atoms with van der Waals surface area (Å²) >= 11 is 4.21. The van der Waals surface area contributed by atoms with E-state index in [2.05, 4.69) is 70.8 Å². The summed E-state index contributed by atoms with van der Waals surface area (Å²) in [6.07, 6.45) is 0. The number of aromatic nitrogens is 3. The number of nitrogens with one attached hydrogen (secondary N) is 2. The quantitative estimate of drug-likeness (QED) is 0.323. The topological polar surface area (TPSA) is 117 Å². The van der Waals surface area contributed by atoms with Crippen molar-refractivity contribution in [2.75, 3.05) is 44.2 Å². The third-order valence-corrected chi connectivity index (χ3v) is 5.41. The van der Waals surface area contributed by atoms with E-state index in [1.165, 1.54) is 7.11 Å². The van der Waals surface area contributed by atoms with Crippen LogP contribution in [0.25, 0.3) is 0 Å². The van der Waals surface area contributed by atoms with E-state index < -0.39 is 5.97 Å². The molecule has 0 aliphatic carbocycles. The van der Waals surface area contributed by atoms with Gasteiger partial charge in [-0.05, 0) is 85.0 Å². The van der Waals surface area contributed by atoms with Crippen molar-refractivity contribution in [3.05, 3.63) is 24.8 Å². The van der Waals surface area contributed by atoms with E-state index in [9.17, 15) is 4.79 Å². The molecule has 3 rings (SSSR count). The van der Waals surface area contributed by atoms with Gasteiger partial charge in [-0.3, -0.25) is 0 Å². The van der Waals surface area contributed by atoms with Crippen molar-refractivity contribution in [1.82, 2.24) is 15.0 Å². The molecular weight excluding hydrogens is 656 g/mol. The highest BCUT2D eigenvalue weighted by Crippen LogP contribution is 2.32. The van der Waals surface area contributed by atoms with Crippen molar-refractivity contribution in [2.45, 2.75) is 39.8 Å². The first kappa shape index (κ1) is 27.7. The molecule has 2 heterocycles. The van der Waals surface area contributed by atoms with Gasteiger partial charge in [-0.1, -0.05) is 0 Å². The van der Waals surface area contributed by atoms with E-state index in [1.807, 2.05) is 27.7 Å². The maximum atomic E-state index is 11.8. The Hall–Kier alpha value is -1.52. The van der Waals surface area contributed by atoms with Crippen LogP contribution >= 0.6 is 45.2 Å². The lowest BCUT2D eigenvalue weighted by Crippen LogP contribution is -2.17. The molecule has 0 amide bonds. The molecule has 0 unspecified atom stereocenters. The van der Waals surface area contributed by atoms with Crippen LogP contribution in [0.3, 0.4) is 0 Å². The molecule has 2 N–H and O–H groups in total. The number of hydrogen-bond donors (Lipinski definition) is 2. The van der Waals surface area contributed by atoms with Crippen molar-refractivity contribution >= 4 is 63.0 Å². The molecule has 12 heteroatoms. The fourth-order valence-corrected chi connectivity index (χ4v) is 4.46. The minimum absolute atomic E-state index is 0.159. The zero-order valence-corrected chi connectivity index (χ0v) is 23.6. The fraction of sp³-hybridized carbons (Fsp3) is 0.524. The Bertz CT molecular complexity index is 863. The summed E-state index contributed by atoms with van der Waals surface area (Å²) in [4.78, 5) is 24.8. The number of carbonyl (C=O) groups excluding carboxylic acids is 1.